The van der Waals surface area contributed by atoms with Crippen LogP contribution in [0.1, 0.15) is 12.8 Å². The molecule has 9 heteroatoms. The van der Waals surface area contributed by atoms with E-state index >= 15 is 0 Å². The molecule has 0 bridgehead atoms. The number of halogens is 1. The molecule has 1 aromatic rings. The Morgan fingerprint density at radius 3 is 2.19 bits per heavy atom. The lowest BCUT2D eigenvalue weighted by Crippen LogP contribution is -2.62. The van der Waals surface area contributed by atoms with Crippen LogP contribution >= 0.6 is 0 Å². The molecule has 2 aliphatic heterocycles. The van der Waals surface area contributed by atoms with Crippen LogP contribution in [0, 0.1) is 17.7 Å². The van der Waals surface area contributed by atoms with E-state index in [1.54, 1.807) is 0 Å². The van der Waals surface area contributed by atoms with E-state index in [0.717, 1.165) is 10.4 Å². The van der Waals surface area contributed by atoms with E-state index in [0.29, 0.717) is 12.8 Å². The zero-order valence-electron chi connectivity index (χ0n) is 14.7. The molecule has 2 amide bonds. The molecule has 0 N–H and O–H groups in total. The summed E-state index contributed by atoms with van der Waals surface area (Å²) in [5, 5.41) is 0. The van der Waals surface area contributed by atoms with Crippen molar-refractivity contribution in [3.05, 3.63) is 36.2 Å². The van der Waals surface area contributed by atoms with Crippen molar-refractivity contribution in [2.75, 3.05) is 20.2 Å². The Morgan fingerprint density at radius 2 is 1.67 bits per heavy atom. The number of fused-ring (bicyclic) bond motifs is 1. The topological polar surface area (TPSA) is 84.0 Å². The summed E-state index contributed by atoms with van der Waals surface area (Å²) >= 11 is 0. The molecule has 2 atom stereocenters. The number of methoxy groups -OCH3 is 1. The number of rotatable bonds is 4. The minimum absolute atomic E-state index is 0.0281. The minimum atomic E-state index is -3.90. The van der Waals surface area contributed by atoms with E-state index in [1.165, 1.54) is 24.1 Å². The fourth-order valence-electron chi connectivity index (χ4n) is 3.92. The van der Waals surface area contributed by atoms with Gasteiger partial charge in [0.25, 0.3) is 0 Å². The van der Waals surface area contributed by atoms with Crippen LogP contribution in [-0.4, -0.2) is 55.7 Å². The molecule has 2 heterocycles. The number of hydrogen-bond acceptors (Lipinski definition) is 5. The number of benzene rings is 1. The highest BCUT2D eigenvalue weighted by Gasteiger charge is 2.53. The number of likely N-dealkylation sites (tertiary alicyclic amines) is 1. The second-order valence-electron chi connectivity index (χ2n) is 6.97. The standard InChI is InChI=1S/C18H19FN2O5S/c1-26-16-7-6-12(8-15(16)19)27(24,25)20-9-11(10-20)21-17(22)13-4-2-3-5-14(13)18(21)23/h2-3,6-8,11,13-14H,4-5,9-10H2,1H3. The highest BCUT2D eigenvalue weighted by Crippen LogP contribution is 2.38. The molecule has 7 nitrogen and oxygen atoms in total. The number of sulfonamides is 1. The molecule has 0 saturated carbocycles. The Balaban J connectivity index is 1.48. The second-order valence-corrected chi connectivity index (χ2v) is 8.91. The lowest BCUT2D eigenvalue weighted by atomic mass is 9.85. The lowest BCUT2D eigenvalue weighted by Gasteiger charge is -2.42. The molecule has 3 aliphatic rings. The summed E-state index contributed by atoms with van der Waals surface area (Å²) in [4.78, 5) is 26.2. The molecular formula is C18H19FN2O5S. The molecule has 1 aliphatic carbocycles. The molecule has 0 spiro atoms. The minimum Gasteiger partial charge on any atom is -0.494 e. The van der Waals surface area contributed by atoms with E-state index < -0.39 is 21.9 Å². The number of allylic oxidation sites excluding steroid dienone is 2. The lowest BCUT2D eigenvalue weighted by molar-refractivity contribution is -0.145. The molecule has 0 aromatic heterocycles. The van der Waals surface area contributed by atoms with Crippen molar-refractivity contribution in [3.8, 4) is 5.75 Å². The largest absolute Gasteiger partial charge is 0.494 e. The Hall–Kier alpha value is -2.26. The molecular weight excluding hydrogens is 375 g/mol. The average molecular weight is 394 g/mol. The van der Waals surface area contributed by atoms with Gasteiger partial charge in [-0.1, -0.05) is 12.2 Å². The highest BCUT2D eigenvalue weighted by molar-refractivity contribution is 7.89. The van der Waals surface area contributed by atoms with Crippen molar-refractivity contribution in [2.24, 2.45) is 11.8 Å². The Kier molecular flexibility index (Phi) is 4.31. The Labute approximate surface area is 156 Å². The van der Waals surface area contributed by atoms with Crippen LogP contribution in [0.5, 0.6) is 5.75 Å². The third-order valence-corrected chi connectivity index (χ3v) is 7.32. The number of amides is 2. The maximum atomic E-state index is 13.8. The van der Waals surface area contributed by atoms with Crippen LogP contribution in [0.25, 0.3) is 0 Å². The summed E-state index contributed by atoms with van der Waals surface area (Å²) in [6, 6.07) is 2.98. The molecule has 1 aromatic carbocycles. The average Bonchev–Trinajstić information content (AvgIpc) is 2.86. The van der Waals surface area contributed by atoms with E-state index in [2.05, 4.69) is 0 Å². The van der Waals surface area contributed by atoms with Crippen molar-refractivity contribution in [3.63, 3.8) is 0 Å². The molecule has 27 heavy (non-hydrogen) atoms. The summed E-state index contributed by atoms with van der Waals surface area (Å²) in [7, 11) is -2.60. The number of carbonyl (C=O) groups excluding carboxylic acids is 2. The van der Waals surface area contributed by atoms with Gasteiger partial charge in [-0.25, -0.2) is 12.8 Å². The smallest absolute Gasteiger partial charge is 0.243 e. The fourth-order valence-corrected chi connectivity index (χ4v) is 5.45. The maximum absolute atomic E-state index is 13.8. The predicted molar refractivity (Wildman–Crippen MR) is 92.7 cm³/mol. The number of imide groups is 1. The van der Waals surface area contributed by atoms with Gasteiger partial charge >= 0.3 is 0 Å². The van der Waals surface area contributed by atoms with Crippen LogP contribution < -0.4 is 4.74 Å². The van der Waals surface area contributed by atoms with Gasteiger partial charge in [0, 0.05) is 13.1 Å². The second kappa shape index (κ2) is 6.42. The summed E-state index contributed by atoms with van der Waals surface area (Å²) in [5.74, 6) is -1.90. The summed E-state index contributed by atoms with van der Waals surface area (Å²) in [6.45, 7) is 0.0562. The van der Waals surface area contributed by atoms with E-state index in [4.69, 9.17) is 4.74 Å². The third kappa shape index (κ3) is 2.76. The van der Waals surface area contributed by atoms with Crippen LogP contribution in [0.2, 0.25) is 0 Å². The van der Waals surface area contributed by atoms with Gasteiger partial charge in [0.2, 0.25) is 21.8 Å². The van der Waals surface area contributed by atoms with Gasteiger partial charge in [-0.15, -0.1) is 0 Å². The number of hydrogen-bond donors (Lipinski definition) is 0. The summed E-state index contributed by atoms with van der Waals surface area (Å²) in [5.41, 5.74) is 0. The molecule has 0 radical (unpaired) electrons. The molecule has 2 unspecified atom stereocenters. The van der Waals surface area contributed by atoms with Gasteiger partial charge in [-0.3, -0.25) is 14.5 Å². The van der Waals surface area contributed by atoms with Gasteiger partial charge in [0.1, 0.15) is 0 Å². The highest BCUT2D eigenvalue weighted by atomic mass is 32.2. The maximum Gasteiger partial charge on any atom is 0.243 e. The Morgan fingerprint density at radius 1 is 1.07 bits per heavy atom. The van der Waals surface area contributed by atoms with Crippen LogP contribution in [0.15, 0.2) is 35.2 Å². The predicted octanol–water partition coefficient (Wildman–Crippen LogP) is 1.16. The normalized spacial score (nSPS) is 26.2. The van der Waals surface area contributed by atoms with Gasteiger partial charge < -0.3 is 4.74 Å². The number of nitrogens with zero attached hydrogens (tertiary/aromatic N) is 2. The van der Waals surface area contributed by atoms with E-state index in [9.17, 15) is 22.4 Å². The van der Waals surface area contributed by atoms with Crippen molar-refractivity contribution < 1.29 is 27.1 Å². The Bertz CT molecular complexity index is 913. The van der Waals surface area contributed by atoms with Gasteiger partial charge in [-0.2, -0.15) is 4.31 Å². The number of ether oxygens (including phenoxy) is 1. The van der Waals surface area contributed by atoms with Crippen LogP contribution in [0.3, 0.4) is 0 Å². The third-order valence-electron chi connectivity index (χ3n) is 5.50. The van der Waals surface area contributed by atoms with Crippen LogP contribution in [0.4, 0.5) is 4.39 Å². The van der Waals surface area contributed by atoms with Gasteiger partial charge in [-0.05, 0) is 31.0 Å². The summed E-state index contributed by atoms with van der Waals surface area (Å²) < 4.78 is 45.1. The first-order chi connectivity index (χ1) is 12.8. The zero-order valence-corrected chi connectivity index (χ0v) is 15.5. The molecule has 2 saturated heterocycles. The first kappa shape index (κ1) is 18.1. The van der Waals surface area contributed by atoms with Crippen LogP contribution in [-0.2, 0) is 19.6 Å². The van der Waals surface area contributed by atoms with E-state index in [1.807, 2.05) is 12.2 Å². The first-order valence-corrected chi connectivity index (χ1v) is 10.1. The SMILES string of the molecule is COc1ccc(S(=O)(=O)N2CC(N3C(=O)C4CC=CCC4C3=O)C2)cc1F. The van der Waals surface area contributed by atoms with Crippen molar-refractivity contribution in [1.29, 1.82) is 0 Å². The summed E-state index contributed by atoms with van der Waals surface area (Å²) in [6.07, 6.45) is 4.91. The molecule has 144 valence electrons. The first-order valence-electron chi connectivity index (χ1n) is 8.70. The molecule has 4 rings (SSSR count). The van der Waals surface area contributed by atoms with Gasteiger partial charge in [0.05, 0.1) is 29.9 Å². The molecule has 2 fully saturated rings. The van der Waals surface area contributed by atoms with Crippen molar-refractivity contribution in [2.45, 2.75) is 23.8 Å². The van der Waals surface area contributed by atoms with Crippen molar-refractivity contribution in [1.82, 2.24) is 9.21 Å². The van der Waals surface area contributed by atoms with E-state index in [-0.39, 0.29) is 47.4 Å². The van der Waals surface area contributed by atoms with Crippen molar-refractivity contribution >= 4 is 21.8 Å². The fraction of sp³-hybridized carbons (Fsp3) is 0.444. The quantitative estimate of drug-likeness (QED) is 0.565. The number of carbonyl (C=O) groups is 2. The monoisotopic (exact) mass is 394 g/mol. The van der Waals surface area contributed by atoms with Gasteiger partial charge in [0.15, 0.2) is 11.6 Å². The zero-order chi connectivity index (χ0) is 19.3.